The summed E-state index contributed by atoms with van der Waals surface area (Å²) in [6.45, 7) is 3.99. The molecule has 2 aromatic rings. The molecule has 1 N–H and O–H groups in total. The number of rotatable bonds is 2. The molecule has 17 heavy (non-hydrogen) atoms. The summed E-state index contributed by atoms with van der Waals surface area (Å²) in [5.74, 6) is 1.92. The minimum Gasteiger partial charge on any atom is -0.487 e. The first-order chi connectivity index (χ1) is 8.25. The van der Waals surface area contributed by atoms with Gasteiger partial charge in [-0.1, -0.05) is 6.07 Å². The van der Waals surface area contributed by atoms with E-state index in [1.54, 1.807) is 0 Å². The number of ether oxygens (including phenoxy) is 1. The lowest BCUT2D eigenvalue weighted by Gasteiger charge is -2.12. The van der Waals surface area contributed by atoms with Crippen LogP contribution in [0.25, 0.3) is 11.0 Å². The molecule has 0 aliphatic carbocycles. The fourth-order valence-electron chi connectivity index (χ4n) is 2.31. The lowest BCUT2D eigenvalue weighted by molar-refractivity contribution is 0.225. The second kappa shape index (κ2) is 4.04. The molecule has 0 saturated carbocycles. The van der Waals surface area contributed by atoms with Crippen molar-refractivity contribution in [2.24, 2.45) is 7.05 Å². The van der Waals surface area contributed by atoms with E-state index in [2.05, 4.69) is 20.9 Å². The predicted molar refractivity (Wildman–Crippen MR) is 67.4 cm³/mol. The molecule has 1 aromatic heterocycles. The first-order valence-electron chi connectivity index (χ1n) is 6.05. The van der Waals surface area contributed by atoms with Gasteiger partial charge in [-0.15, -0.1) is 0 Å². The van der Waals surface area contributed by atoms with Crippen LogP contribution in [0.15, 0.2) is 18.2 Å². The van der Waals surface area contributed by atoms with E-state index in [-0.39, 0.29) is 6.10 Å². The second-order valence-corrected chi connectivity index (χ2v) is 4.57. The highest BCUT2D eigenvalue weighted by Gasteiger charge is 2.18. The highest BCUT2D eigenvalue weighted by Crippen LogP contribution is 2.26. The van der Waals surface area contributed by atoms with Crippen LogP contribution in [0.5, 0.6) is 5.75 Å². The zero-order chi connectivity index (χ0) is 11.8. The topological polar surface area (TPSA) is 39.1 Å². The third-order valence-electron chi connectivity index (χ3n) is 3.41. The third kappa shape index (κ3) is 1.78. The Hall–Kier alpha value is -1.55. The van der Waals surface area contributed by atoms with E-state index in [0.717, 1.165) is 42.1 Å². The minimum atomic E-state index is 0.280. The van der Waals surface area contributed by atoms with Gasteiger partial charge in [0.2, 0.25) is 0 Å². The number of benzene rings is 1. The Morgan fingerprint density at radius 3 is 3.12 bits per heavy atom. The second-order valence-electron chi connectivity index (χ2n) is 4.57. The summed E-state index contributed by atoms with van der Waals surface area (Å²) < 4.78 is 8.11. The number of aryl methyl sites for hydroxylation is 2. The van der Waals surface area contributed by atoms with Crippen molar-refractivity contribution in [3.8, 4) is 5.75 Å². The molecular weight excluding hydrogens is 214 g/mol. The van der Waals surface area contributed by atoms with E-state index in [9.17, 15) is 0 Å². The van der Waals surface area contributed by atoms with Crippen molar-refractivity contribution in [2.75, 3.05) is 13.1 Å². The van der Waals surface area contributed by atoms with Gasteiger partial charge >= 0.3 is 0 Å². The highest BCUT2D eigenvalue weighted by molar-refractivity contribution is 5.82. The molecule has 1 fully saturated rings. The van der Waals surface area contributed by atoms with Crippen LogP contribution in [0, 0.1) is 6.92 Å². The number of aromatic nitrogens is 2. The van der Waals surface area contributed by atoms with Crippen LogP contribution < -0.4 is 10.1 Å². The molecule has 1 aliphatic heterocycles. The van der Waals surface area contributed by atoms with Gasteiger partial charge in [0.25, 0.3) is 0 Å². The number of para-hydroxylation sites is 1. The minimum absolute atomic E-state index is 0.280. The Balaban J connectivity index is 2.00. The molecule has 0 amide bonds. The van der Waals surface area contributed by atoms with Crippen LogP contribution in [0.3, 0.4) is 0 Å². The molecule has 4 nitrogen and oxygen atoms in total. The van der Waals surface area contributed by atoms with Crippen LogP contribution in [0.1, 0.15) is 12.2 Å². The molecule has 4 heteroatoms. The SMILES string of the molecule is Cc1nc2c(OC3CCNC3)cccc2n1C. The first kappa shape index (κ1) is 10.6. The van der Waals surface area contributed by atoms with Gasteiger partial charge in [0.05, 0.1) is 5.52 Å². The first-order valence-corrected chi connectivity index (χ1v) is 6.05. The number of hydrogen-bond acceptors (Lipinski definition) is 3. The predicted octanol–water partition coefficient (Wildman–Crippen LogP) is 1.62. The van der Waals surface area contributed by atoms with E-state index in [4.69, 9.17) is 4.74 Å². The molecule has 1 aromatic carbocycles. The van der Waals surface area contributed by atoms with Gasteiger partial charge in [0.15, 0.2) is 0 Å². The zero-order valence-electron chi connectivity index (χ0n) is 10.2. The summed E-state index contributed by atoms with van der Waals surface area (Å²) in [6.07, 6.45) is 1.35. The Bertz CT molecular complexity index is 541. The molecule has 0 spiro atoms. The number of nitrogens with one attached hydrogen (secondary N) is 1. The molecule has 1 atom stereocenters. The third-order valence-corrected chi connectivity index (χ3v) is 3.41. The fraction of sp³-hybridized carbons (Fsp3) is 0.462. The van der Waals surface area contributed by atoms with E-state index in [1.165, 1.54) is 0 Å². The summed E-state index contributed by atoms with van der Waals surface area (Å²) in [5.41, 5.74) is 2.10. The van der Waals surface area contributed by atoms with Gasteiger partial charge in [-0.05, 0) is 32.0 Å². The lowest BCUT2D eigenvalue weighted by Crippen LogP contribution is -2.19. The van der Waals surface area contributed by atoms with Crippen molar-refractivity contribution in [3.05, 3.63) is 24.0 Å². The molecule has 90 valence electrons. The maximum atomic E-state index is 6.02. The van der Waals surface area contributed by atoms with E-state index < -0.39 is 0 Å². The standard InChI is InChI=1S/C13H17N3O/c1-9-15-13-11(16(9)2)4-3-5-12(13)17-10-6-7-14-8-10/h3-5,10,14H,6-8H2,1-2H3. The summed E-state index contributed by atoms with van der Waals surface area (Å²) in [6, 6.07) is 6.11. The average Bonchev–Trinajstić information content (AvgIpc) is 2.91. The van der Waals surface area contributed by atoms with Gasteiger partial charge in [-0.3, -0.25) is 0 Å². The Morgan fingerprint density at radius 2 is 2.35 bits per heavy atom. The Kier molecular flexibility index (Phi) is 2.52. The number of imidazole rings is 1. The summed E-state index contributed by atoms with van der Waals surface area (Å²) in [4.78, 5) is 4.57. The van der Waals surface area contributed by atoms with Crippen molar-refractivity contribution < 1.29 is 4.74 Å². The smallest absolute Gasteiger partial charge is 0.147 e. The molecular formula is C13H17N3O. The molecule has 2 heterocycles. The number of nitrogens with zero attached hydrogens (tertiary/aromatic N) is 2. The summed E-state index contributed by atoms with van der Waals surface area (Å²) in [7, 11) is 2.03. The fourth-order valence-corrected chi connectivity index (χ4v) is 2.31. The molecule has 1 aliphatic rings. The van der Waals surface area contributed by atoms with Crippen LogP contribution >= 0.6 is 0 Å². The summed E-state index contributed by atoms with van der Waals surface area (Å²) in [5, 5.41) is 3.31. The maximum absolute atomic E-state index is 6.02. The van der Waals surface area contributed by atoms with Crippen LogP contribution in [0.4, 0.5) is 0 Å². The molecule has 1 saturated heterocycles. The van der Waals surface area contributed by atoms with Gasteiger partial charge in [0.1, 0.15) is 23.2 Å². The Labute approximate surface area is 101 Å². The Morgan fingerprint density at radius 1 is 1.47 bits per heavy atom. The number of fused-ring (bicyclic) bond motifs is 1. The lowest BCUT2D eigenvalue weighted by atomic mass is 10.2. The van der Waals surface area contributed by atoms with Crippen LogP contribution in [-0.2, 0) is 7.05 Å². The maximum Gasteiger partial charge on any atom is 0.147 e. The van der Waals surface area contributed by atoms with Crippen molar-refractivity contribution in [2.45, 2.75) is 19.4 Å². The quantitative estimate of drug-likeness (QED) is 0.853. The highest BCUT2D eigenvalue weighted by atomic mass is 16.5. The van der Waals surface area contributed by atoms with Gasteiger partial charge in [-0.2, -0.15) is 0 Å². The zero-order valence-corrected chi connectivity index (χ0v) is 10.2. The normalized spacial score (nSPS) is 20.0. The van der Waals surface area contributed by atoms with E-state index in [1.807, 2.05) is 26.1 Å². The largest absolute Gasteiger partial charge is 0.487 e. The molecule has 1 unspecified atom stereocenters. The molecule has 0 bridgehead atoms. The van der Waals surface area contributed by atoms with Crippen molar-refractivity contribution >= 4 is 11.0 Å². The van der Waals surface area contributed by atoms with Crippen LogP contribution in [0.2, 0.25) is 0 Å². The molecule has 0 radical (unpaired) electrons. The summed E-state index contributed by atoms with van der Waals surface area (Å²) >= 11 is 0. The van der Waals surface area contributed by atoms with Crippen molar-refractivity contribution in [3.63, 3.8) is 0 Å². The van der Waals surface area contributed by atoms with Gasteiger partial charge in [-0.25, -0.2) is 4.98 Å². The van der Waals surface area contributed by atoms with Gasteiger partial charge < -0.3 is 14.6 Å². The van der Waals surface area contributed by atoms with Crippen LogP contribution in [-0.4, -0.2) is 28.7 Å². The van der Waals surface area contributed by atoms with Gasteiger partial charge in [0, 0.05) is 13.6 Å². The average molecular weight is 231 g/mol. The number of hydrogen-bond donors (Lipinski definition) is 1. The van der Waals surface area contributed by atoms with E-state index >= 15 is 0 Å². The van der Waals surface area contributed by atoms with Crippen molar-refractivity contribution in [1.29, 1.82) is 0 Å². The monoisotopic (exact) mass is 231 g/mol. The molecule has 3 rings (SSSR count). The van der Waals surface area contributed by atoms with Crippen molar-refractivity contribution in [1.82, 2.24) is 14.9 Å². The van der Waals surface area contributed by atoms with E-state index in [0.29, 0.717) is 0 Å².